The minimum atomic E-state index is 0.307. The van der Waals surface area contributed by atoms with E-state index in [-0.39, 0.29) is 0 Å². The van der Waals surface area contributed by atoms with Gasteiger partial charge in [-0.3, -0.25) is 0 Å². The summed E-state index contributed by atoms with van der Waals surface area (Å²) in [5.41, 5.74) is 0. The SMILES string of the molecule is C#CC(CCC1CCCCC1)NCC. The Kier molecular flexibility index (Phi) is 5.71. The van der Waals surface area contributed by atoms with E-state index in [1.54, 1.807) is 0 Å². The van der Waals surface area contributed by atoms with Crippen LogP contribution in [0.25, 0.3) is 0 Å². The summed E-state index contributed by atoms with van der Waals surface area (Å²) in [6.45, 7) is 3.10. The summed E-state index contributed by atoms with van der Waals surface area (Å²) in [7, 11) is 0. The molecule has 0 spiro atoms. The first kappa shape index (κ1) is 11.6. The molecule has 1 aliphatic carbocycles. The van der Waals surface area contributed by atoms with Gasteiger partial charge in [-0.25, -0.2) is 0 Å². The molecule has 0 aliphatic heterocycles. The molecule has 80 valence electrons. The Morgan fingerprint density at radius 3 is 2.64 bits per heavy atom. The van der Waals surface area contributed by atoms with Crippen LogP contribution >= 0.6 is 0 Å². The quantitative estimate of drug-likeness (QED) is 0.662. The van der Waals surface area contributed by atoms with Crippen LogP contribution in [0.5, 0.6) is 0 Å². The Morgan fingerprint density at radius 2 is 2.07 bits per heavy atom. The van der Waals surface area contributed by atoms with E-state index < -0.39 is 0 Å². The van der Waals surface area contributed by atoms with Crippen LogP contribution < -0.4 is 5.32 Å². The number of hydrogen-bond donors (Lipinski definition) is 1. The van der Waals surface area contributed by atoms with Crippen molar-refractivity contribution in [3.8, 4) is 12.3 Å². The molecule has 0 amide bonds. The normalized spacial score (nSPS) is 20.3. The van der Waals surface area contributed by atoms with Gasteiger partial charge in [-0.15, -0.1) is 6.42 Å². The molecule has 0 aromatic heterocycles. The monoisotopic (exact) mass is 193 g/mol. The van der Waals surface area contributed by atoms with Crippen molar-refractivity contribution in [1.29, 1.82) is 0 Å². The smallest absolute Gasteiger partial charge is 0.0686 e. The highest BCUT2D eigenvalue weighted by molar-refractivity contribution is 4.98. The zero-order valence-corrected chi connectivity index (χ0v) is 9.39. The molecule has 1 N–H and O–H groups in total. The first-order chi connectivity index (χ1) is 6.86. The van der Waals surface area contributed by atoms with E-state index in [0.29, 0.717) is 6.04 Å². The third kappa shape index (κ3) is 4.15. The molecule has 1 fully saturated rings. The van der Waals surface area contributed by atoms with Crippen LogP contribution in [0.4, 0.5) is 0 Å². The van der Waals surface area contributed by atoms with E-state index in [1.165, 1.54) is 38.5 Å². The third-order valence-corrected chi connectivity index (χ3v) is 3.24. The van der Waals surface area contributed by atoms with E-state index in [0.717, 1.165) is 18.9 Å². The first-order valence-electron chi connectivity index (χ1n) is 6.06. The zero-order valence-electron chi connectivity index (χ0n) is 9.39. The van der Waals surface area contributed by atoms with Gasteiger partial charge in [0.25, 0.3) is 0 Å². The van der Waals surface area contributed by atoms with Crippen molar-refractivity contribution in [3.05, 3.63) is 0 Å². The summed E-state index contributed by atoms with van der Waals surface area (Å²) in [6.07, 6.45) is 15.1. The number of hydrogen-bond acceptors (Lipinski definition) is 1. The molecule has 0 aromatic carbocycles. The van der Waals surface area contributed by atoms with Crippen molar-refractivity contribution in [2.24, 2.45) is 5.92 Å². The minimum absolute atomic E-state index is 0.307. The Hall–Kier alpha value is -0.480. The van der Waals surface area contributed by atoms with Crippen LogP contribution in [0, 0.1) is 18.3 Å². The molecule has 1 nitrogen and oxygen atoms in total. The maximum absolute atomic E-state index is 5.46. The Morgan fingerprint density at radius 1 is 1.36 bits per heavy atom. The number of terminal acetylenes is 1. The molecule has 0 heterocycles. The largest absolute Gasteiger partial charge is 0.304 e. The predicted octanol–water partition coefficient (Wildman–Crippen LogP) is 2.96. The fourth-order valence-corrected chi connectivity index (χ4v) is 2.37. The van der Waals surface area contributed by atoms with Gasteiger partial charge in [0.2, 0.25) is 0 Å². The third-order valence-electron chi connectivity index (χ3n) is 3.24. The summed E-state index contributed by atoms with van der Waals surface area (Å²) in [5, 5.41) is 3.34. The molecule has 1 atom stereocenters. The standard InChI is InChI=1S/C13H23N/c1-3-13(14-4-2)11-10-12-8-6-5-7-9-12/h1,12-14H,4-11H2,2H3. The van der Waals surface area contributed by atoms with Crippen molar-refractivity contribution in [2.45, 2.75) is 57.9 Å². The van der Waals surface area contributed by atoms with E-state index in [4.69, 9.17) is 6.42 Å². The molecular formula is C13H23N. The molecule has 1 saturated carbocycles. The van der Waals surface area contributed by atoms with Crippen LogP contribution in [0.1, 0.15) is 51.9 Å². The van der Waals surface area contributed by atoms with Crippen LogP contribution in [-0.4, -0.2) is 12.6 Å². The lowest BCUT2D eigenvalue weighted by Gasteiger charge is -2.22. The maximum atomic E-state index is 5.46. The second-order valence-electron chi connectivity index (χ2n) is 4.36. The molecule has 0 aromatic rings. The molecule has 1 heteroatoms. The second kappa shape index (κ2) is 6.90. The highest BCUT2D eigenvalue weighted by Crippen LogP contribution is 2.27. The highest BCUT2D eigenvalue weighted by Gasteiger charge is 2.14. The summed E-state index contributed by atoms with van der Waals surface area (Å²) < 4.78 is 0. The van der Waals surface area contributed by atoms with Crippen molar-refractivity contribution < 1.29 is 0 Å². The van der Waals surface area contributed by atoms with Crippen molar-refractivity contribution in [3.63, 3.8) is 0 Å². The van der Waals surface area contributed by atoms with Crippen LogP contribution in [0.3, 0.4) is 0 Å². The fraction of sp³-hybridized carbons (Fsp3) is 0.846. The molecule has 14 heavy (non-hydrogen) atoms. The number of nitrogens with one attached hydrogen (secondary N) is 1. The van der Waals surface area contributed by atoms with Crippen molar-refractivity contribution in [1.82, 2.24) is 5.32 Å². The molecular weight excluding hydrogens is 170 g/mol. The van der Waals surface area contributed by atoms with Crippen molar-refractivity contribution in [2.75, 3.05) is 6.54 Å². The molecule has 0 bridgehead atoms. The molecule has 1 rings (SSSR count). The van der Waals surface area contributed by atoms with E-state index in [1.807, 2.05) is 0 Å². The van der Waals surface area contributed by atoms with E-state index in [2.05, 4.69) is 18.2 Å². The molecule has 1 aliphatic rings. The molecule has 0 saturated heterocycles. The van der Waals surface area contributed by atoms with Gasteiger partial charge in [0.05, 0.1) is 6.04 Å². The van der Waals surface area contributed by atoms with Gasteiger partial charge in [0.15, 0.2) is 0 Å². The average Bonchev–Trinajstić information content (AvgIpc) is 2.25. The Bertz CT molecular complexity index is 174. The maximum Gasteiger partial charge on any atom is 0.0686 e. The van der Waals surface area contributed by atoms with Gasteiger partial charge in [-0.05, 0) is 25.3 Å². The van der Waals surface area contributed by atoms with Gasteiger partial charge in [-0.2, -0.15) is 0 Å². The van der Waals surface area contributed by atoms with E-state index >= 15 is 0 Å². The Labute approximate surface area is 88.7 Å². The summed E-state index contributed by atoms with van der Waals surface area (Å²) in [5.74, 6) is 3.79. The average molecular weight is 193 g/mol. The predicted molar refractivity (Wildman–Crippen MR) is 62.1 cm³/mol. The topological polar surface area (TPSA) is 12.0 Å². The molecule has 0 radical (unpaired) electrons. The lowest BCUT2D eigenvalue weighted by Crippen LogP contribution is -2.27. The van der Waals surface area contributed by atoms with Crippen LogP contribution in [-0.2, 0) is 0 Å². The number of rotatable bonds is 5. The lowest BCUT2D eigenvalue weighted by atomic mass is 9.85. The molecule has 1 unspecified atom stereocenters. The lowest BCUT2D eigenvalue weighted by molar-refractivity contribution is 0.324. The van der Waals surface area contributed by atoms with Crippen LogP contribution in [0.2, 0.25) is 0 Å². The minimum Gasteiger partial charge on any atom is -0.304 e. The fourth-order valence-electron chi connectivity index (χ4n) is 2.37. The summed E-state index contributed by atoms with van der Waals surface area (Å²) in [6, 6.07) is 0.307. The van der Waals surface area contributed by atoms with Gasteiger partial charge in [0, 0.05) is 0 Å². The summed E-state index contributed by atoms with van der Waals surface area (Å²) >= 11 is 0. The van der Waals surface area contributed by atoms with Crippen LogP contribution in [0.15, 0.2) is 0 Å². The van der Waals surface area contributed by atoms with E-state index in [9.17, 15) is 0 Å². The van der Waals surface area contributed by atoms with Gasteiger partial charge < -0.3 is 5.32 Å². The second-order valence-corrected chi connectivity index (χ2v) is 4.36. The zero-order chi connectivity index (χ0) is 10.2. The van der Waals surface area contributed by atoms with Crippen molar-refractivity contribution >= 4 is 0 Å². The Balaban J connectivity index is 2.14. The highest BCUT2D eigenvalue weighted by atomic mass is 14.9. The van der Waals surface area contributed by atoms with Gasteiger partial charge >= 0.3 is 0 Å². The van der Waals surface area contributed by atoms with Gasteiger partial charge in [0.1, 0.15) is 0 Å². The summed E-state index contributed by atoms with van der Waals surface area (Å²) in [4.78, 5) is 0. The first-order valence-corrected chi connectivity index (χ1v) is 6.06. The van der Waals surface area contributed by atoms with Gasteiger partial charge in [-0.1, -0.05) is 44.9 Å².